The minimum atomic E-state index is -0.943. The van der Waals surface area contributed by atoms with Crippen molar-refractivity contribution in [2.45, 2.75) is 18.8 Å². The van der Waals surface area contributed by atoms with Crippen LogP contribution in [-0.4, -0.2) is 42.2 Å². The third-order valence-electron chi connectivity index (χ3n) is 3.74. The maximum Gasteiger partial charge on any atom is 0.191 e. The molecule has 0 spiro atoms. The van der Waals surface area contributed by atoms with Crippen molar-refractivity contribution in [3.05, 3.63) is 66.0 Å². The Morgan fingerprint density at radius 1 is 1.15 bits per heavy atom. The molecular weight excluding hydrogens is 365 g/mol. The number of nitrogens with zero attached hydrogens (tertiary/aromatic N) is 1. The Kier molecular flexibility index (Phi) is 8.77. The van der Waals surface area contributed by atoms with Gasteiger partial charge in [-0.15, -0.1) is 0 Å². The van der Waals surface area contributed by atoms with Crippen LogP contribution in [0, 0.1) is 5.82 Å². The molecule has 0 saturated carbocycles. The first-order chi connectivity index (χ1) is 13.1. The predicted molar refractivity (Wildman–Crippen MR) is 109 cm³/mol. The van der Waals surface area contributed by atoms with Crippen LogP contribution >= 0.6 is 0 Å². The van der Waals surface area contributed by atoms with Crippen LogP contribution in [0.4, 0.5) is 4.39 Å². The zero-order valence-electron chi connectivity index (χ0n) is 15.7. The molecule has 2 N–H and O–H groups in total. The van der Waals surface area contributed by atoms with Gasteiger partial charge in [0.15, 0.2) is 17.5 Å². The molecule has 0 heterocycles. The maximum absolute atomic E-state index is 13.6. The van der Waals surface area contributed by atoms with E-state index in [-0.39, 0.29) is 17.7 Å². The van der Waals surface area contributed by atoms with E-state index in [1.165, 1.54) is 6.07 Å². The summed E-state index contributed by atoms with van der Waals surface area (Å²) < 4.78 is 31.3. The molecule has 2 aromatic rings. The summed E-state index contributed by atoms with van der Waals surface area (Å²) in [5, 5.41) is 6.26. The average molecular weight is 392 g/mol. The molecule has 0 aromatic heterocycles. The van der Waals surface area contributed by atoms with E-state index >= 15 is 0 Å². The second kappa shape index (κ2) is 11.3. The lowest BCUT2D eigenvalue weighted by molar-refractivity contribution is 0.214. The molecule has 0 radical (unpaired) electrons. The Morgan fingerprint density at radius 2 is 1.85 bits per heavy atom. The summed E-state index contributed by atoms with van der Waals surface area (Å²) in [6, 6.07) is 16.1. The van der Waals surface area contributed by atoms with Crippen LogP contribution in [-0.2, 0) is 16.6 Å². The molecule has 0 aliphatic rings. The fourth-order valence-electron chi connectivity index (χ4n) is 2.38. The smallest absolute Gasteiger partial charge is 0.191 e. The van der Waals surface area contributed by atoms with Crippen molar-refractivity contribution in [2.75, 3.05) is 25.9 Å². The molecule has 0 saturated heterocycles. The van der Waals surface area contributed by atoms with Crippen LogP contribution < -0.4 is 15.4 Å². The highest BCUT2D eigenvalue weighted by Crippen LogP contribution is 2.16. The van der Waals surface area contributed by atoms with Gasteiger partial charge in [0, 0.05) is 35.9 Å². The summed E-state index contributed by atoms with van der Waals surface area (Å²) in [5.41, 5.74) is 1.07. The fourth-order valence-corrected chi connectivity index (χ4v) is 3.41. The number of aliphatic imine (C=N–C) groups is 1. The van der Waals surface area contributed by atoms with Crippen LogP contribution in [0.5, 0.6) is 5.75 Å². The van der Waals surface area contributed by atoms with Crippen molar-refractivity contribution in [3.8, 4) is 5.75 Å². The molecule has 2 aromatic carbocycles. The second-order valence-electron chi connectivity index (χ2n) is 6.01. The summed E-state index contributed by atoms with van der Waals surface area (Å²) in [6.45, 7) is 2.85. The summed E-state index contributed by atoms with van der Waals surface area (Å²) in [6.07, 6.45) is -0.243. The van der Waals surface area contributed by atoms with E-state index in [2.05, 4.69) is 15.6 Å². The highest BCUT2D eigenvalue weighted by atomic mass is 32.2. The Labute approximate surface area is 162 Å². The van der Waals surface area contributed by atoms with Gasteiger partial charge in [-0.05, 0) is 24.6 Å². The summed E-state index contributed by atoms with van der Waals surface area (Å²) in [5.74, 6) is 1.51. The molecule has 2 unspecified atom stereocenters. The molecule has 0 amide bonds. The molecule has 2 atom stereocenters. The molecule has 0 aliphatic heterocycles. The van der Waals surface area contributed by atoms with E-state index in [1.807, 2.05) is 37.3 Å². The highest BCUT2D eigenvalue weighted by molar-refractivity contribution is 7.84. The number of hydrogen-bond acceptors (Lipinski definition) is 3. The molecule has 0 aliphatic carbocycles. The molecule has 0 fully saturated rings. The lowest BCUT2D eigenvalue weighted by Crippen LogP contribution is -2.43. The van der Waals surface area contributed by atoms with E-state index in [0.717, 1.165) is 5.56 Å². The van der Waals surface area contributed by atoms with Crippen LogP contribution in [0.1, 0.15) is 12.5 Å². The van der Waals surface area contributed by atoms with Gasteiger partial charge in [0.05, 0.1) is 6.54 Å². The standard InChI is InChI=1S/C20H26FN3O2S/c1-16(26-19-11-7-6-10-18(19)21)14-24-20(22-2)23-12-13-27(25)15-17-8-4-3-5-9-17/h3-11,16H,12-15H2,1-2H3,(H2,22,23,24). The molecule has 0 bridgehead atoms. The minimum absolute atomic E-state index is 0.228. The van der Waals surface area contributed by atoms with Crippen molar-refractivity contribution in [2.24, 2.45) is 4.99 Å². The lowest BCUT2D eigenvalue weighted by Gasteiger charge is -2.18. The van der Waals surface area contributed by atoms with E-state index in [1.54, 1.807) is 25.2 Å². The van der Waals surface area contributed by atoms with Crippen molar-refractivity contribution in [1.29, 1.82) is 0 Å². The predicted octanol–water partition coefficient (Wildman–Crippen LogP) is 2.71. The van der Waals surface area contributed by atoms with Crippen molar-refractivity contribution in [3.63, 3.8) is 0 Å². The van der Waals surface area contributed by atoms with Gasteiger partial charge in [-0.1, -0.05) is 42.5 Å². The van der Waals surface area contributed by atoms with Crippen molar-refractivity contribution >= 4 is 16.8 Å². The number of guanidine groups is 1. The van der Waals surface area contributed by atoms with Gasteiger partial charge in [-0.2, -0.15) is 0 Å². The third kappa shape index (κ3) is 7.78. The lowest BCUT2D eigenvalue weighted by atomic mass is 10.2. The van der Waals surface area contributed by atoms with Gasteiger partial charge in [0.1, 0.15) is 6.10 Å². The maximum atomic E-state index is 13.6. The van der Waals surface area contributed by atoms with E-state index in [0.29, 0.717) is 30.6 Å². The number of para-hydroxylation sites is 1. The topological polar surface area (TPSA) is 62.7 Å². The normalized spacial score (nSPS) is 13.7. The summed E-state index contributed by atoms with van der Waals surface area (Å²) in [7, 11) is 0.722. The monoisotopic (exact) mass is 391 g/mol. The van der Waals surface area contributed by atoms with E-state index < -0.39 is 10.8 Å². The number of ether oxygens (including phenoxy) is 1. The fraction of sp³-hybridized carbons (Fsp3) is 0.350. The molecule has 5 nitrogen and oxygen atoms in total. The quantitative estimate of drug-likeness (QED) is 0.510. The van der Waals surface area contributed by atoms with Gasteiger partial charge >= 0.3 is 0 Å². The van der Waals surface area contributed by atoms with Crippen LogP contribution in [0.3, 0.4) is 0 Å². The number of benzene rings is 2. The largest absolute Gasteiger partial charge is 0.486 e. The van der Waals surface area contributed by atoms with Crippen LogP contribution in [0.15, 0.2) is 59.6 Å². The zero-order chi connectivity index (χ0) is 19.5. The van der Waals surface area contributed by atoms with Crippen molar-refractivity contribution in [1.82, 2.24) is 10.6 Å². The average Bonchev–Trinajstić information content (AvgIpc) is 2.67. The highest BCUT2D eigenvalue weighted by Gasteiger charge is 2.09. The zero-order valence-corrected chi connectivity index (χ0v) is 16.5. The number of hydrogen-bond donors (Lipinski definition) is 2. The molecule has 2 rings (SSSR count). The van der Waals surface area contributed by atoms with Crippen LogP contribution in [0.25, 0.3) is 0 Å². The van der Waals surface area contributed by atoms with Gasteiger partial charge in [-0.3, -0.25) is 9.20 Å². The third-order valence-corrected chi connectivity index (χ3v) is 5.05. The minimum Gasteiger partial charge on any atom is -0.486 e. The van der Waals surface area contributed by atoms with Crippen LogP contribution in [0.2, 0.25) is 0 Å². The SMILES string of the molecule is CN=C(NCCS(=O)Cc1ccccc1)NCC(C)Oc1ccccc1F. The van der Waals surface area contributed by atoms with Gasteiger partial charge < -0.3 is 15.4 Å². The summed E-state index contributed by atoms with van der Waals surface area (Å²) in [4.78, 5) is 4.13. The Bertz CT molecular complexity index is 756. The van der Waals surface area contributed by atoms with Gasteiger partial charge in [0.2, 0.25) is 0 Å². The molecule has 27 heavy (non-hydrogen) atoms. The molecular formula is C20H26FN3O2S. The van der Waals surface area contributed by atoms with Crippen molar-refractivity contribution < 1.29 is 13.3 Å². The second-order valence-corrected chi connectivity index (χ2v) is 7.59. The van der Waals surface area contributed by atoms with Gasteiger partial charge in [-0.25, -0.2) is 4.39 Å². The van der Waals surface area contributed by atoms with E-state index in [4.69, 9.17) is 4.74 Å². The molecule has 146 valence electrons. The first-order valence-corrected chi connectivity index (χ1v) is 10.3. The first kappa shape index (κ1) is 20.9. The Balaban J connectivity index is 1.68. The Hall–Kier alpha value is -2.41. The van der Waals surface area contributed by atoms with Gasteiger partial charge in [0.25, 0.3) is 0 Å². The first-order valence-electron chi connectivity index (χ1n) is 8.83. The number of halogens is 1. The summed E-state index contributed by atoms with van der Waals surface area (Å²) >= 11 is 0. The number of rotatable bonds is 9. The van der Waals surface area contributed by atoms with E-state index in [9.17, 15) is 8.60 Å². The number of nitrogens with one attached hydrogen (secondary N) is 2. The molecule has 7 heteroatoms. The Morgan fingerprint density at radius 3 is 2.56 bits per heavy atom.